The fourth-order valence-electron chi connectivity index (χ4n) is 6.68. The van der Waals surface area contributed by atoms with Gasteiger partial charge in [0.15, 0.2) is 5.82 Å². The van der Waals surface area contributed by atoms with Gasteiger partial charge in [0.1, 0.15) is 11.2 Å². The normalized spacial score (nSPS) is 12.1. The zero-order valence-electron chi connectivity index (χ0n) is 23.3. The topological polar surface area (TPSA) is 29.3 Å². The number of benzene rings is 6. The minimum Gasteiger partial charge on any atom is -0.456 e. The van der Waals surface area contributed by atoms with Crippen LogP contribution in [0.1, 0.15) is 0 Å². The Kier molecular flexibility index (Phi) is 5.03. The van der Waals surface area contributed by atoms with Crippen molar-refractivity contribution in [2.24, 2.45) is 0 Å². The first-order valence-electron chi connectivity index (χ1n) is 14.6. The van der Waals surface area contributed by atoms with Gasteiger partial charge in [0.05, 0.1) is 4.70 Å². The van der Waals surface area contributed by atoms with Crippen molar-refractivity contribution >= 4 is 113 Å². The van der Waals surface area contributed by atoms with Gasteiger partial charge in [0.2, 0.25) is 0 Å². The van der Waals surface area contributed by atoms with Gasteiger partial charge in [0.25, 0.3) is 0 Å². The van der Waals surface area contributed by atoms with E-state index in [1.807, 2.05) is 41.0 Å². The molecule has 6 aromatic carbocycles. The lowest BCUT2D eigenvalue weighted by molar-refractivity contribution is 0.669. The summed E-state index contributed by atoms with van der Waals surface area (Å²) in [6.45, 7) is 0. The molecule has 0 radical (unpaired) electrons. The maximum Gasteiger partial charge on any atom is 0.155 e. The van der Waals surface area contributed by atoms with Crippen molar-refractivity contribution in [2.45, 2.75) is 0 Å². The smallest absolute Gasteiger partial charge is 0.155 e. The molecule has 0 unspecified atom stereocenters. The maximum atomic E-state index is 6.21. The molecule has 10 aromatic rings. The van der Waals surface area contributed by atoms with E-state index >= 15 is 0 Å². The van der Waals surface area contributed by atoms with Crippen LogP contribution in [0.25, 0.3) is 73.1 Å². The van der Waals surface area contributed by atoms with Crippen molar-refractivity contribution in [3.8, 4) is 0 Å². The standard InChI is InChI=1S/C39H22N2OS2/c1-2-8-26-23(7-1)13-16-29-30-19-20-40-39(38(30)44-37(26)29)41(24-14-17-34-31(21-24)27-9-3-5-11-33(27)42-34)25-15-18-36-32(22-25)28-10-4-6-12-35(28)43-36/h1-22H. The third-order valence-corrected chi connectivity index (χ3v) is 11.1. The van der Waals surface area contributed by atoms with Crippen molar-refractivity contribution in [1.29, 1.82) is 0 Å². The average Bonchev–Trinajstić information content (AvgIpc) is 3.76. The molecule has 0 aliphatic heterocycles. The number of hydrogen-bond donors (Lipinski definition) is 0. The molecule has 0 aliphatic carbocycles. The van der Waals surface area contributed by atoms with Gasteiger partial charge in [-0.1, -0.05) is 72.8 Å². The van der Waals surface area contributed by atoms with Crippen LogP contribution < -0.4 is 4.90 Å². The van der Waals surface area contributed by atoms with Crippen molar-refractivity contribution in [3.63, 3.8) is 0 Å². The minimum atomic E-state index is 0.883. The molecule has 0 spiro atoms. The van der Waals surface area contributed by atoms with Crippen LogP contribution in [-0.4, -0.2) is 4.98 Å². The van der Waals surface area contributed by atoms with E-state index in [4.69, 9.17) is 9.40 Å². The van der Waals surface area contributed by atoms with E-state index in [0.717, 1.165) is 39.1 Å². The molecule has 3 nitrogen and oxygen atoms in total. The Balaban J connectivity index is 1.29. The third kappa shape index (κ3) is 3.45. The van der Waals surface area contributed by atoms with Gasteiger partial charge in [-0.2, -0.15) is 0 Å². The van der Waals surface area contributed by atoms with Crippen LogP contribution in [0.4, 0.5) is 17.2 Å². The van der Waals surface area contributed by atoms with Crippen LogP contribution in [0, 0.1) is 0 Å². The fraction of sp³-hybridized carbons (Fsp3) is 0. The molecule has 0 saturated heterocycles. The number of aromatic nitrogens is 1. The number of anilines is 3. The van der Waals surface area contributed by atoms with E-state index in [9.17, 15) is 0 Å². The Hall–Kier alpha value is -5.23. The Bertz CT molecular complexity index is 2640. The van der Waals surface area contributed by atoms with Gasteiger partial charge in [-0.25, -0.2) is 4.98 Å². The first-order chi connectivity index (χ1) is 21.8. The Morgan fingerprint density at radius 2 is 1.18 bits per heavy atom. The molecule has 0 saturated carbocycles. The summed E-state index contributed by atoms with van der Waals surface area (Å²) in [6.07, 6.45) is 1.95. The molecule has 0 bridgehead atoms. The van der Waals surface area contributed by atoms with Crippen LogP contribution in [0.2, 0.25) is 0 Å². The number of para-hydroxylation sites is 1. The summed E-state index contributed by atoms with van der Waals surface area (Å²) in [4.78, 5) is 7.44. The maximum absolute atomic E-state index is 6.21. The first-order valence-corrected chi connectivity index (χ1v) is 16.3. The molecule has 10 rings (SSSR count). The van der Waals surface area contributed by atoms with Gasteiger partial charge in [0, 0.05) is 64.0 Å². The van der Waals surface area contributed by atoms with Gasteiger partial charge in [-0.05, 0) is 65.4 Å². The predicted octanol–water partition coefficient (Wildman–Crippen LogP) is 12.3. The summed E-state index contributed by atoms with van der Waals surface area (Å²) < 4.78 is 11.3. The molecule has 4 heterocycles. The molecular formula is C39H22N2OS2. The monoisotopic (exact) mass is 598 g/mol. The Morgan fingerprint density at radius 3 is 2.11 bits per heavy atom. The summed E-state index contributed by atoms with van der Waals surface area (Å²) in [5.74, 6) is 0.929. The van der Waals surface area contributed by atoms with E-state index in [0.29, 0.717) is 0 Å². The highest BCUT2D eigenvalue weighted by atomic mass is 32.1. The van der Waals surface area contributed by atoms with Crippen molar-refractivity contribution in [2.75, 3.05) is 4.90 Å². The quantitative estimate of drug-likeness (QED) is 0.203. The number of thiophene rings is 2. The summed E-state index contributed by atoms with van der Waals surface area (Å²) in [5.41, 5.74) is 3.91. The lowest BCUT2D eigenvalue weighted by Crippen LogP contribution is -2.11. The van der Waals surface area contributed by atoms with E-state index in [-0.39, 0.29) is 0 Å². The molecular weight excluding hydrogens is 577 g/mol. The highest BCUT2D eigenvalue weighted by Gasteiger charge is 2.22. The van der Waals surface area contributed by atoms with Crippen molar-refractivity contribution in [3.05, 3.63) is 134 Å². The molecule has 0 atom stereocenters. The summed E-state index contributed by atoms with van der Waals surface area (Å²) in [6, 6.07) is 45.6. The minimum absolute atomic E-state index is 0.883. The largest absolute Gasteiger partial charge is 0.456 e. The molecule has 44 heavy (non-hydrogen) atoms. The zero-order chi connectivity index (χ0) is 28.8. The number of nitrogens with zero attached hydrogens (tertiary/aromatic N) is 2. The molecule has 0 amide bonds. The number of rotatable bonds is 3. The SMILES string of the molecule is c1ccc2c(c1)ccc1c3ccnc(N(c4ccc5oc6ccccc6c5c4)c4ccc5sc6ccccc6c5c4)c3sc21. The van der Waals surface area contributed by atoms with Crippen LogP contribution >= 0.6 is 22.7 Å². The molecule has 5 heteroatoms. The molecule has 0 fully saturated rings. The number of pyridine rings is 1. The van der Waals surface area contributed by atoms with Crippen LogP contribution in [0.3, 0.4) is 0 Å². The van der Waals surface area contributed by atoms with Gasteiger partial charge in [-0.15, -0.1) is 22.7 Å². The second kappa shape index (κ2) is 9.13. The zero-order valence-corrected chi connectivity index (χ0v) is 25.0. The predicted molar refractivity (Wildman–Crippen MR) is 189 cm³/mol. The van der Waals surface area contributed by atoms with Crippen molar-refractivity contribution < 1.29 is 4.42 Å². The number of furan rings is 1. The average molecular weight is 599 g/mol. The Labute approximate surface area is 259 Å². The van der Waals surface area contributed by atoms with Gasteiger partial charge < -0.3 is 4.42 Å². The molecule has 0 N–H and O–H groups in total. The highest BCUT2D eigenvalue weighted by molar-refractivity contribution is 7.27. The first kappa shape index (κ1) is 24.2. The highest BCUT2D eigenvalue weighted by Crippen LogP contribution is 2.47. The summed E-state index contributed by atoms with van der Waals surface area (Å²) in [7, 11) is 0. The van der Waals surface area contributed by atoms with E-state index in [2.05, 4.69) is 120 Å². The third-order valence-electron chi connectivity index (χ3n) is 8.71. The van der Waals surface area contributed by atoms with Crippen LogP contribution in [0.15, 0.2) is 138 Å². The van der Waals surface area contributed by atoms with E-state index in [1.165, 1.54) is 51.1 Å². The lowest BCUT2D eigenvalue weighted by Gasteiger charge is -2.25. The lowest BCUT2D eigenvalue weighted by atomic mass is 10.1. The summed E-state index contributed by atoms with van der Waals surface area (Å²) >= 11 is 3.67. The van der Waals surface area contributed by atoms with Crippen LogP contribution in [0.5, 0.6) is 0 Å². The fourth-order valence-corrected chi connectivity index (χ4v) is 9.07. The Morgan fingerprint density at radius 1 is 0.477 bits per heavy atom. The second-order valence-corrected chi connectivity index (χ2v) is 13.3. The van der Waals surface area contributed by atoms with Gasteiger partial charge >= 0.3 is 0 Å². The van der Waals surface area contributed by atoms with E-state index < -0.39 is 0 Å². The number of hydrogen-bond acceptors (Lipinski definition) is 5. The summed E-state index contributed by atoms with van der Waals surface area (Å²) in [5, 5.41) is 9.78. The van der Waals surface area contributed by atoms with Crippen LogP contribution in [-0.2, 0) is 0 Å². The van der Waals surface area contributed by atoms with Crippen molar-refractivity contribution in [1.82, 2.24) is 4.98 Å². The van der Waals surface area contributed by atoms with Gasteiger partial charge in [-0.3, -0.25) is 4.90 Å². The molecule has 0 aliphatic rings. The second-order valence-electron chi connectivity index (χ2n) is 11.2. The molecule has 206 valence electrons. The molecule has 4 aromatic heterocycles. The van der Waals surface area contributed by atoms with E-state index in [1.54, 1.807) is 0 Å². The number of fused-ring (bicyclic) bond motifs is 11.